The van der Waals surface area contributed by atoms with Crippen molar-refractivity contribution in [2.75, 3.05) is 13.6 Å². The maximum absolute atomic E-state index is 11.0. The van der Waals surface area contributed by atoms with Crippen LogP contribution in [0.25, 0.3) is 0 Å². The molecular weight excluding hydrogens is 278 g/mol. The number of aromatic hydroxyl groups is 1. The van der Waals surface area contributed by atoms with Crippen molar-refractivity contribution in [3.63, 3.8) is 0 Å². The fourth-order valence-electron chi connectivity index (χ4n) is 6.00. The lowest BCUT2D eigenvalue weighted by atomic mass is 9.49. The Balaban J connectivity index is 1.82. The smallest absolute Gasteiger partial charge is 0.165 e. The van der Waals surface area contributed by atoms with Crippen molar-refractivity contribution >= 4 is 0 Å². The van der Waals surface area contributed by atoms with Gasteiger partial charge in [0.15, 0.2) is 11.5 Å². The van der Waals surface area contributed by atoms with E-state index in [4.69, 9.17) is 4.74 Å². The van der Waals surface area contributed by atoms with Gasteiger partial charge < -0.3 is 19.8 Å². The van der Waals surface area contributed by atoms with E-state index in [0.29, 0.717) is 17.7 Å². The van der Waals surface area contributed by atoms with Crippen molar-refractivity contribution in [1.82, 2.24) is 4.90 Å². The Bertz CT molecular complexity index is 671. The number of phenolic OH excluding ortho intramolecular Hbond substituents is 1. The molecule has 1 saturated carbocycles. The van der Waals surface area contributed by atoms with Gasteiger partial charge in [0.2, 0.25) is 0 Å². The van der Waals surface area contributed by atoms with Gasteiger partial charge in [0.1, 0.15) is 6.10 Å². The van der Waals surface area contributed by atoms with Crippen LogP contribution in [-0.4, -0.2) is 46.5 Å². The molecule has 2 aliphatic carbocycles. The van der Waals surface area contributed by atoms with Crippen LogP contribution in [0.4, 0.5) is 0 Å². The largest absolute Gasteiger partial charge is 0.504 e. The van der Waals surface area contributed by atoms with E-state index in [1.54, 1.807) is 6.07 Å². The second-order valence-electron chi connectivity index (χ2n) is 7.99. The number of benzene rings is 1. The summed E-state index contributed by atoms with van der Waals surface area (Å²) in [6.45, 7) is 2.94. The Morgan fingerprint density at radius 1 is 1.32 bits per heavy atom. The van der Waals surface area contributed by atoms with Gasteiger partial charge in [-0.15, -0.1) is 0 Å². The highest BCUT2D eigenvalue weighted by Gasteiger charge is 2.67. The number of likely N-dealkylation sites (tertiary alicyclic amines) is 1. The van der Waals surface area contributed by atoms with Crippen LogP contribution in [0.1, 0.15) is 37.3 Å². The van der Waals surface area contributed by atoms with Gasteiger partial charge >= 0.3 is 0 Å². The number of phenols is 1. The molecule has 0 amide bonds. The lowest BCUT2D eigenvalue weighted by Crippen LogP contribution is -2.69. The van der Waals surface area contributed by atoms with Crippen molar-refractivity contribution in [1.29, 1.82) is 0 Å². The molecule has 2 bridgehead atoms. The molecule has 118 valence electrons. The van der Waals surface area contributed by atoms with Crippen LogP contribution in [0.3, 0.4) is 0 Å². The fraction of sp³-hybridized carbons (Fsp3) is 0.667. The first-order chi connectivity index (χ1) is 10.4. The van der Waals surface area contributed by atoms with E-state index in [2.05, 4.69) is 18.0 Å². The second-order valence-corrected chi connectivity index (χ2v) is 7.99. The van der Waals surface area contributed by atoms with Crippen LogP contribution in [0.15, 0.2) is 12.1 Å². The summed E-state index contributed by atoms with van der Waals surface area (Å²) >= 11 is 0. The fourth-order valence-corrected chi connectivity index (χ4v) is 6.00. The summed E-state index contributed by atoms with van der Waals surface area (Å²) in [6.07, 6.45) is 3.63. The minimum absolute atomic E-state index is 0.111. The Morgan fingerprint density at radius 3 is 2.95 bits per heavy atom. The SMILES string of the molecule is CN1CCC23c4c5ccc(O)c4OC2C(C)(O)CCC3C1C5. The molecule has 0 aromatic heterocycles. The van der Waals surface area contributed by atoms with Gasteiger partial charge in [0, 0.05) is 17.0 Å². The summed E-state index contributed by atoms with van der Waals surface area (Å²) in [5.74, 6) is 1.40. The molecule has 4 heteroatoms. The third-order valence-electron chi connectivity index (χ3n) is 6.92. The minimum Gasteiger partial charge on any atom is -0.504 e. The number of hydrogen-bond acceptors (Lipinski definition) is 4. The predicted molar refractivity (Wildman–Crippen MR) is 82.3 cm³/mol. The van der Waals surface area contributed by atoms with E-state index < -0.39 is 5.60 Å². The lowest BCUT2D eigenvalue weighted by Gasteiger charge is -2.60. The van der Waals surface area contributed by atoms with Crippen molar-refractivity contribution < 1.29 is 14.9 Å². The monoisotopic (exact) mass is 301 g/mol. The molecule has 22 heavy (non-hydrogen) atoms. The van der Waals surface area contributed by atoms with Crippen molar-refractivity contribution in [2.45, 2.75) is 55.8 Å². The zero-order valence-corrected chi connectivity index (χ0v) is 13.2. The van der Waals surface area contributed by atoms with Gasteiger partial charge in [-0.3, -0.25) is 0 Å². The predicted octanol–water partition coefficient (Wildman–Crippen LogP) is 1.81. The molecule has 4 nitrogen and oxygen atoms in total. The van der Waals surface area contributed by atoms with E-state index in [1.165, 1.54) is 11.1 Å². The number of nitrogens with zero attached hydrogens (tertiary/aromatic N) is 1. The molecule has 1 spiro atoms. The highest BCUT2D eigenvalue weighted by atomic mass is 16.5. The molecule has 5 unspecified atom stereocenters. The molecule has 0 radical (unpaired) electrons. The van der Waals surface area contributed by atoms with Crippen LogP contribution in [-0.2, 0) is 11.8 Å². The molecule has 2 N–H and O–H groups in total. The van der Waals surface area contributed by atoms with Crippen LogP contribution in [0.5, 0.6) is 11.5 Å². The van der Waals surface area contributed by atoms with Crippen LogP contribution in [0.2, 0.25) is 0 Å². The molecule has 1 saturated heterocycles. The molecular formula is C18H23NO3. The van der Waals surface area contributed by atoms with E-state index in [0.717, 1.165) is 32.2 Å². The van der Waals surface area contributed by atoms with Crippen LogP contribution >= 0.6 is 0 Å². The first-order valence-corrected chi connectivity index (χ1v) is 8.40. The van der Waals surface area contributed by atoms with E-state index in [-0.39, 0.29) is 17.3 Å². The van der Waals surface area contributed by atoms with Gasteiger partial charge in [0.25, 0.3) is 0 Å². The Hall–Kier alpha value is -1.26. The summed E-state index contributed by atoms with van der Waals surface area (Å²) in [5.41, 5.74) is 1.59. The highest BCUT2D eigenvalue weighted by molar-refractivity contribution is 5.61. The quantitative estimate of drug-likeness (QED) is 0.767. The van der Waals surface area contributed by atoms with Crippen molar-refractivity contribution in [3.8, 4) is 11.5 Å². The average Bonchev–Trinajstić information content (AvgIpc) is 2.83. The Kier molecular flexibility index (Phi) is 2.28. The molecule has 5 atom stereocenters. The Labute approximate surface area is 130 Å². The number of ether oxygens (including phenoxy) is 1. The zero-order valence-electron chi connectivity index (χ0n) is 13.2. The van der Waals surface area contributed by atoms with E-state index in [1.807, 2.05) is 6.92 Å². The highest BCUT2D eigenvalue weighted by Crippen LogP contribution is 2.65. The number of likely N-dealkylation sites (N-methyl/N-ethyl adjacent to an activating group) is 1. The number of rotatable bonds is 0. The minimum atomic E-state index is -0.822. The summed E-state index contributed by atoms with van der Waals surface area (Å²) in [5, 5.41) is 21.3. The zero-order chi connectivity index (χ0) is 15.3. The van der Waals surface area contributed by atoms with Gasteiger partial charge in [-0.05, 0) is 63.7 Å². The molecule has 2 fully saturated rings. The third-order valence-corrected chi connectivity index (χ3v) is 6.92. The number of piperidine rings is 1. The standard InChI is InChI=1S/C18H23NO3/c1-17(21)6-5-11-12-9-10-3-4-13(20)15-14(10)18(11,16(17)22-15)7-8-19(12)2/h3-4,11-12,16,20-21H,5-9H2,1-2H3. The summed E-state index contributed by atoms with van der Waals surface area (Å²) in [6, 6.07) is 4.35. The normalized spacial score (nSPS) is 45.3. The summed E-state index contributed by atoms with van der Waals surface area (Å²) in [7, 11) is 2.22. The first-order valence-electron chi connectivity index (χ1n) is 8.40. The van der Waals surface area contributed by atoms with Gasteiger partial charge in [-0.2, -0.15) is 0 Å². The maximum atomic E-state index is 11.0. The van der Waals surface area contributed by atoms with Gasteiger partial charge in [-0.1, -0.05) is 6.07 Å². The number of aliphatic hydroxyl groups is 1. The van der Waals surface area contributed by atoms with E-state index in [9.17, 15) is 10.2 Å². The second kappa shape index (κ2) is 3.80. The van der Waals surface area contributed by atoms with Gasteiger partial charge in [0.05, 0.1) is 5.60 Å². The van der Waals surface area contributed by atoms with E-state index >= 15 is 0 Å². The topological polar surface area (TPSA) is 52.9 Å². The summed E-state index contributed by atoms with van der Waals surface area (Å²) in [4.78, 5) is 2.49. The van der Waals surface area contributed by atoms with Crippen LogP contribution < -0.4 is 4.74 Å². The summed E-state index contributed by atoms with van der Waals surface area (Å²) < 4.78 is 6.24. The van der Waals surface area contributed by atoms with Crippen molar-refractivity contribution in [3.05, 3.63) is 23.3 Å². The lowest BCUT2D eigenvalue weighted by molar-refractivity contribution is -0.148. The number of hydrogen-bond donors (Lipinski definition) is 2. The molecule has 2 heterocycles. The maximum Gasteiger partial charge on any atom is 0.165 e. The van der Waals surface area contributed by atoms with Crippen molar-refractivity contribution in [2.24, 2.45) is 5.92 Å². The molecule has 4 aliphatic rings. The van der Waals surface area contributed by atoms with Crippen LogP contribution in [0, 0.1) is 5.92 Å². The molecule has 1 aromatic rings. The molecule has 2 aliphatic heterocycles. The third kappa shape index (κ3) is 1.29. The molecule has 1 aromatic carbocycles. The molecule has 5 rings (SSSR count). The average molecular weight is 301 g/mol. The Morgan fingerprint density at radius 2 is 2.14 bits per heavy atom. The first kappa shape index (κ1) is 13.2. The van der Waals surface area contributed by atoms with Gasteiger partial charge in [-0.25, -0.2) is 0 Å².